The van der Waals surface area contributed by atoms with Crippen molar-refractivity contribution >= 4 is 5.97 Å². The number of benzene rings is 1. The predicted octanol–water partition coefficient (Wildman–Crippen LogP) is 1.40. The van der Waals surface area contributed by atoms with Gasteiger partial charge in [-0.2, -0.15) is 0 Å². The Morgan fingerprint density at radius 1 is 1.40 bits per heavy atom. The highest BCUT2D eigenvalue weighted by Crippen LogP contribution is 2.26. The summed E-state index contributed by atoms with van der Waals surface area (Å²) in [6, 6.07) is 2.45. The van der Waals surface area contributed by atoms with E-state index in [0.29, 0.717) is 5.56 Å². The molecule has 82 valence electrons. The van der Waals surface area contributed by atoms with Gasteiger partial charge in [0.1, 0.15) is 11.8 Å². The maximum atomic E-state index is 10.8. The Balaban J connectivity index is 3.23. The first-order chi connectivity index (χ1) is 6.99. The monoisotopic (exact) mass is 209 g/mol. The molecule has 0 bridgehead atoms. The Labute approximate surface area is 88.7 Å². The molecule has 0 radical (unpaired) electrons. The van der Waals surface area contributed by atoms with Crippen molar-refractivity contribution in [1.82, 2.24) is 0 Å². The first-order valence-electron chi connectivity index (χ1n) is 4.61. The summed E-state index contributed by atoms with van der Waals surface area (Å²) in [6.45, 7) is 3.72. The smallest absolute Gasteiger partial charge is 0.325 e. The summed E-state index contributed by atoms with van der Waals surface area (Å²) < 4.78 is 5.13. The lowest BCUT2D eigenvalue weighted by Gasteiger charge is -2.15. The molecule has 0 fully saturated rings. The normalized spacial score (nSPS) is 12.3. The molecule has 0 aromatic heterocycles. The summed E-state index contributed by atoms with van der Waals surface area (Å²) in [7, 11) is 1.58. The third kappa shape index (κ3) is 2.10. The fraction of sp³-hybridized carbons (Fsp3) is 0.364. The van der Waals surface area contributed by atoms with Crippen molar-refractivity contribution in [3.8, 4) is 5.75 Å². The van der Waals surface area contributed by atoms with E-state index in [4.69, 9.17) is 15.6 Å². The molecule has 1 aromatic rings. The van der Waals surface area contributed by atoms with Gasteiger partial charge in [-0.05, 0) is 36.6 Å². The average molecular weight is 209 g/mol. The van der Waals surface area contributed by atoms with Crippen LogP contribution in [0.3, 0.4) is 0 Å². The number of hydrogen-bond acceptors (Lipinski definition) is 3. The van der Waals surface area contributed by atoms with Gasteiger partial charge in [-0.3, -0.25) is 4.79 Å². The number of nitrogens with two attached hydrogens (primary N) is 1. The topological polar surface area (TPSA) is 72.5 Å². The number of methoxy groups -OCH3 is 1. The zero-order valence-electron chi connectivity index (χ0n) is 9.07. The molecule has 0 saturated carbocycles. The van der Waals surface area contributed by atoms with Crippen molar-refractivity contribution in [3.05, 3.63) is 28.8 Å². The van der Waals surface area contributed by atoms with E-state index in [1.807, 2.05) is 13.8 Å². The second-order valence-electron chi connectivity index (χ2n) is 3.42. The molecule has 0 aliphatic carbocycles. The van der Waals surface area contributed by atoms with E-state index in [1.54, 1.807) is 19.2 Å². The number of carboxylic acid groups (broad SMARTS) is 1. The Morgan fingerprint density at radius 3 is 2.47 bits per heavy atom. The van der Waals surface area contributed by atoms with Crippen molar-refractivity contribution in [3.63, 3.8) is 0 Å². The fourth-order valence-electron chi connectivity index (χ4n) is 1.51. The zero-order chi connectivity index (χ0) is 11.6. The van der Waals surface area contributed by atoms with Crippen LogP contribution in [0.25, 0.3) is 0 Å². The lowest BCUT2D eigenvalue weighted by molar-refractivity contribution is -0.138. The Hall–Kier alpha value is -1.55. The fourth-order valence-corrected chi connectivity index (χ4v) is 1.51. The number of aliphatic carboxylic acids is 1. The molecule has 4 nitrogen and oxygen atoms in total. The van der Waals surface area contributed by atoms with Crippen molar-refractivity contribution in [2.45, 2.75) is 19.9 Å². The van der Waals surface area contributed by atoms with Crippen LogP contribution in [-0.2, 0) is 4.79 Å². The number of ether oxygens (including phenoxy) is 1. The predicted molar refractivity (Wildman–Crippen MR) is 57.0 cm³/mol. The highest BCUT2D eigenvalue weighted by Gasteiger charge is 2.18. The summed E-state index contributed by atoms with van der Waals surface area (Å²) in [4.78, 5) is 10.8. The van der Waals surface area contributed by atoms with E-state index in [1.165, 1.54) is 0 Å². The molecule has 1 rings (SSSR count). The molecule has 0 aliphatic rings. The first kappa shape index (κ1) is 11.5. The van der Waals surface area contributed by atoms with Gasteiger partial charge in [-0.15, -0.1) is 0 Å². The van der Waals surface area contributed by atoms with Crippen LogP contribution in [0.2, 0.25) is 0 Å². The molecule has 0 unspecified atom stereocenters. The number of rotatable bonds is 3. The Bertz CT molecular complexity index is 388. The standard InChI is InChI=1S/C11H15NO3/c1-6-7(2)9(15-3)5-4-8(6)10(12)11(13)14/h4-5,10H,12H2,1-3H3,(H,13,14)/t10-/m0/s1. The molecule has 4 heteroatoms. The molecule has 0 amide bonds. The van der Waals surface area contributed by atoms with Crippen LogP contribution in [0.1, 0.15) is 22.7 Å². The van der Waals surface area contributed by atoms with Crippen LogP contribution < -0.4 is 10.5 Å². The molecule has 0 heterocycles. The number of hydrogen-bond donors (Lipinski definition) is 2. The Morgan fingerprint density at radius 2 is 2.00 bits per heavy atom. The van der Waals surface area contributed by atoms with E-state index in [-0.39, 0.29) is 0 Å². The van der Waals surface area contributed by atoms with Gasteiger partial charge >= 0.3 is 5.97 Å². The minimum atomic E-state index is -1.03. The van der Waals surface area contributed by atoms with Crippen LogP contribution in [0.5, 0.6) is 5.75 Å². The highest BCUT2D eigenvalue weighted by molar-refractivity contribution is 5.76. The van der Waals surface area contributed by atoms with Crippen LogP contribution in [0.15, 0.2) is 12.1 Å². The molecule has 1 aromatic carbocycles. The zero-order valence-corrected chi connectivity index (χ0v) is 9.07. The van der Waals surface area contributed by atoms with Crippen molar-refractivity contribution in [2.75, 3.05) is 7.11 Å². The second kappa shape index (κ2) is 4.31. The van der Waals surface area contributed by atoms with Crippen molar-refractivity contribution in [2.24, 2.45) is 5.73 Å². The van der Waals surface area contributed by atoms with E-state index in [2.05, 4.69) is 0 Å². The van der Waals surface area contributed by atoms with Crippen molar-refractivity contribution in [1.29, 1.82) is 0 Å². The summed E-state index contributed by atoms with van der Waals surface area (Å²) in [5.74, 6) is -0.281. The minimum absolute atomic E-state index is 0.626. The molecule has 0 spiro atoms. The molecular formula is C11H15NO3. The highest BCUT2D eigenvalue weighted by atomic mass is 16.5. The molecule has 0 aliphatic heterocycles. The van der Waals surface area contributed by atoms with E-state index >= 15 is 0 Å². The molecule has 1 atom stereocenters. The van der Waals surface area contributed by atoms with Gasteiger partial charge in [0.15, 0.2) is 0 Å². The molecule has 0 saturated heterocycles. The van der Waals surface area contributed by atoms with Crippen LogP contribution >= 0.6 is 0 Å². The Kier molecular flexibility index (Phi) is 3.31. The van der Waals surface area contributed by atoms with E-state index in [9.17, 15) is 4.79 Å². The SMILES string of the molecule is COc1ccc([C@H](N)C(=O)O)c(C)c1C. The van der Waals surface area contributed by atoms with Gasteiger partial charge in [0.25, 0.3) is 0 Å². The maximum absolute atomic E-state index is 10.8. The third-order valence-corrected chi connectivity index (χ3v) is 2.60. The number of carboxylic acids is 1. The van der Waals surface area contributed by atoms with Gasteiger partial charge in [0.05, 0.1) is 7.11 Å². The third-order valence-electron chi connectivity index (χ3n) is 2.60. The summed E-state index contributed by atoms with van der Waals surface area (Å²) in [5, 5.41) is 8.82. The second-order valence-corrected chi connectivity index (χ2v) is 3.42. The van der Waals surface area contributed by atoms with E-state index in [0.717, 1.165) is 16.9 Å². The summed E-state index contributed by atoms with van der Waals surface area (Å²) >= 11 is 0. The van der Waals surface area contributed by atoms with Crippen LogP contribution in [-0.4, -0.2) is 18.2 Å². The minimum Gasteiger partial charge on any atom is -0.496 e. The summed E-state index contributed by atoms with van der Waals surface area (Å²) in [5.41, 5.74) is 7.97. The molecule has 15 heavy (non-hydrogen) atoms. The van der Waals surface area contributed by atoms with Gasteiger partial charge < -0.3 is 15.6 Å². The first-order valence-corrected chi connectivity index (χ1v) is 4.61. The van der Waals surface area contributed by atoms with E-state index < -0.39 is 12.0 Å². The van der Waals surface area contributed by atoms with Crippen LogP contribution in [0.4, 0.5) is 0 Å². The van der Waals surface area contributed by atoms with Gasteiger partial charge in [0.2, 0.25) is 0 Å². The number of carbonyl (C=O) groups is 1. The van der Waals surface area contributed by atoms with Gasteiger partial charge in [-0.25, -0.2) is 0 Å². The maximum Gasteiger partial charge on any atom is 0.325 e. The lowest BCUT2D eigenvalue weighted by Crippen LogP contribution is -2.21. The largest absolute Gasteiger partial charge is 0.496 e. The quantitative estimate of drug-likeness (QED) is 0.789. The van der Waals surface area contributed by atoms with Gasteiger partial charge in [-0.1, -0.05) is 6.07 Å². The molecular weight excluding hydrogens is 194 g/mol. The van der Waals surface area contributed by atoms with Gasteiger partial charge in [0, 0.05) is 0 Å². The van der Waals surface area contributed by atoms with Crippen LogP contribution in [0, 0.1) is 13.8 Å². The van der Waals surface area contributed by atoms with Crippen molar-refractivity contribution < 1.29 is 14.6 Å². The average Bonchev–Trinajstić information content (AvgIpc) is 2.21. The molecule has 3 N–H and O–H groups in total. The summed E-state index contributed by atoms with van der Waals surface area (Å²) in [6.07, 6.45) is 0. The lowest BCUT2D eigenvalue weighted by atomic mass is 9.97.